The van der Waals surface area contributed by atoms with E-state index in [4.69, 9.17) is 15.6 Å². The molecule has 0 bridgehead atoms. The fraction of sp³-hybridized carbons (Fsp3) is 0.333. The highest BCUT2D eigenvalue weighted by atomic mass is 16.3. The number of hydrogen-bond acceptors (Lipinski definition) is 3. The first-order chi connectivity index (χ1) is 5.76. The Morgan fingerprint density at radius 3 is 2.83 bits per heavy atom. The van der Waals surface area contributed by atoms with Crippen LogP contribution in [0.3, 0.4) is 0 Å². The Balaban J connectivity index is 2.92. The van der Waals surface area contributed by atoms with Crippen molar-refractivity contribution in [2.45, 2.75) is 6.42 Å². The van der Waals surface area contributed by atoms with Crippen LogP contribution in [-0.2, 0) is 0 Å². The van der Waals surface area contributed by atoms with E-state index in [9.17, 15) is 0 Å². The first-order valence-electron chi connectivity index (χ1n) is 3.57. The molecule has 1 rings (SSSR count). The molecule has 1 atom stereocenters. The summed E-state index contributed by atoms with van der Waals surface area (Å²) in [5.74, 6) is 0. The maximum absolute atomic E-state index is 8.94. The van der Waals surface area contributed by atoms with Crippen LogP contribution in [0.1, 0.15) is 6.42 Å². The van der Waals surface area contributed by atoms with Crippen LogP contribution in [-0.4, -0.2) is 11.7 Å². The minimum absolute atomic E-state index is 0.237. The van der Waals surface area contributed by atoms with Gasteiger partial charge < -0.3 is 5.11 Å². The zero-order valence-electron chi connectivity index (χ0n) is 6.49. The van der Waals surface area contributed by atoms with E-state index in [-0.39, 0.29) is 6.61 Å². The lowest BCUT2D eigenvalue weighted by atomic mass is 9.81. The van der Waals surface area contributed by atoms with Gasteiger partial charge in [0.1, 0.15) is 5.41 Å². The number of rotatable bonds is 1. The third-order valence-corrected chi connectivity index (χ3v) is 1.87. The van der Waals surface area contributed by atoms with Crippen molar-refractivity contribution in [2.75, 3.05) is 6.61 Å². The van der Waals surface area contributed by atoms with Crippen LogP contribution >= 0.6 is 0 Å². The lowest BCUT2D eigenvalue weighted by Gasteiger charge is -2.21. The van der Waals surface area contributed by atoms with Gasteiger partial charge in [0.2, 0.25) is 0 Å². The Hall–Kier alpha value is -1.58. The molecule has 0 amide bonds. The second-order valence-corrected chi connectivity index (χ2v) is 2.77. The molecule has 1 aliphatic rings. The van der Waals surface area contributed by atoms with E-state index in [1.807, 2.05) is 12.1 Å². The van der Waals surface area contributed by atoms with Crippen molar-refractivity contribution in [3.05, 3.63) is 23.8 Å². The Morgan fingerprint density at radius 2 is 2.33 bits per heavy atom. The van der Waals surface area contributed by atoms with Gasteiger partial charge in [0.05, 0.1) is 18.7 Å². The lowest BCUT2D eigenvalue weighted by Crippen LogP contribution is -2.22. The second-order valence-electron chi connectivity index (χ2n) is 2.77. The molecule has 0 aliphatic heterocycles. The van der Waals surface area contributed by atoms with Crippen molar-refractivity contribution >= 4 is 0 Å². The summed E-state index contributed by atoms with van der Waals surface area (Å²) in [6, 6.07) is 3.98. The molecule has 0 heterocycles. The van der Waals surface area contributed by atoms with Crippen molar-refractivity contribution in [1.82, 2.24) is 0 Å². The van der Waals surface area contributed by atoms with Gasteiger partial charge in [0.15, 0.2) is 0 Å². The SMILES string of the molecule is N#CC1=CC=CC(C#N)(CO)C1. The van der Waals surface area contributed by atoms with Gasteiger partial charge in [0, 0.05) is 12.0 Å². The Labute approximate surface area is 70.9 Å². The Morgan fingerprint density at radius 1 is 1.58 bits per heavy atom. The van der Waals surface area contributed by atoms with E-state index in [1.165, 1.54) is 0 Å². The Bertz CT molecular complexity index is 316. The third kappa shape index (κ3) is 1.37. The molecule has 3 heteroatoms. The van der Waals surface area contributed by atoms with Crippen LogP contribution in [0.25, 0.3) is 0 Å². The average molecular weight is 160 g/mol. The minimum atomic E-state index is -0.875. The maximum Gasteiger partial charge on any atom is 0.103 e. The van der Waals surface area contributed by atoms with E-state index in [0.717, 1.165) is 0 Å². The van der Waals surface area contributed by atoms with E-state index in [0.29, 0.717) is 12.0 Å². The van der Waals surface area contributed by atoms with Gasteiger partial charge in [-0.3, -0.25) is 0 Å². The maximum atomic E-state index is 8.94. The highest BCUT2D eigenvalue weighted by Crippen LogP contribution is 2.29. The van der Waals surface area contributed by atoms with Crippen LogP contribution in [0.2, 0.25) is 0 Å². The minimum Gasteiger partial charge on any atom is -0.394 e. The summed E-state index contributed by atoms with van der Waals surface area (Å²) in [4.78, 5) is 0. The highest BCUT2D eigenvalue weighted by Gasteiger charge is 2.29. The quantitative estimate of drug-likeness (QED) is 0.619. The number of aliphatic hydroxyl groups is 1. The first kappa shape index (κ1) is 8.52. The second kappa shape index (κ2) is 3.21. The summed E-state index contributed by atoms with van der Waals surface area (Å²) in [5, 5.41) is 26.3. The molecule has 1 aliphatic carbocycles. The van der Waals surface area contributed by atoms with Crippen molar-refractivity contribution in [1.29, 1.82) is 10.5 Å². The standard InChI is InChI=1S/C9H8N2O/c10-5-8-2-1-3-9(4-8,6-11)7-12/h1-3,12H,4,7H2. The van der Waals surface area contributed by atoms with E-state index in [2.05, 4.69) is 0 Å². The van der Waals surface area contributed by atoms with Crippen LogP contribution in [0.4, 0.5) is 0 Å². The molecule has 0 spiro atoms. The molecular weight excluding hydrogens is 152 g/mol. The molecule has 1 unspecified atom stereocenters. The van der Waals surface area contributed by atoms with Crippen molar-refractivity contribution < 1.29 is 5.11 Å². The fourth-order valence-electron chi connectivity index (χ4n) is 1.10. The largest absolute Gasteiger partial charge is 0.394 e. The topological polar surface area (TPSA) is 67.8 Å². The van der Waals surface area contributed by atoms with E-state index in [1.54, 1.807) is 18.2 Å². The normalized spacial score (nSPS) is 27.1. The zero-order chi connectivity index (χ0) is 9.03. The molecular formula is C9H8N2O. The van der Waals surface area contributed by atoms with Gasteiger partial charge in [0.25, 0.3) is 0 Å². The van der Waals surface area contributed by atoms with Gasteiger partial charge in [-0.15, -0.1) is 0 Å². The number of hydrogen-bond donors (Lipinski definition) is 1. The van der Waals surface area contributed by atoms with Crippen molar-refractivity contribution in [3.8, 4) is 12.1 Å². The molecule has 0 aromatic carbocycles. The number of nitriles is 2. The van der Waals surface area contributed by atoms with E-state index < -0.39 is 5.41 Å². The third-order valence-electron chi connectivity index (χ3n) is 1.87. The van der Waals surface area contributed by atoms with Crippen LogP contribution in [0.15, 0.2) is 23.8 Å². The summed E-state index contributed by atoms with van der Waals surface area (Å²) in [5.41, 5.74) is -0.340. The molecule has 0 radical (unpaired) electrons. The smallest absolute Gasteiger partial charge is 0.103 e. The summed E-state index contributed by atoms with van der Waals surface area (Å²) in [6.07, 6.45) is 5.24. The highest BCUT2D eigenvalue weighted by molar-refractivity contribution is 5.36. The van der Waals surface area contributed by atoms with Gasteiger partial charge in [-0.05, 0) is 6.08 Å². The summed E-state index contributed by atoms with van der Waals surface area (Å²) in [6.45, 7) is -0.237. The predicted molar refractivity (Wildman–Crippen MR) is 42.6 cm³/mol. The predicted octanol–water partition coefficient (Wildman–Crippen LogP) is 0.899. The Kier molecular flexibility index (Phi) is 2.28. The zero-order valence-corrected chi connectivity index (χ0v) is 6.49. The van der Waals surface area contributed by atoms with Gasteiger partial charge in [-0.25, -0.2) is 0 Å². The molecule has 60 valence electrons. The van der Waals surface area contributed by atoms with Crippen molar-refractivity contribution in [2.24, 2.45) is 5.41 Å². The lowest BCUT2D eigenvalue weighted by molar-refractivity contribution is 0.211. The van der Waals surface area contributed by atoms with Crippen molar-refractivity contribution in [3.63, 3.8) is 0 Å². The molecule has 3 nitrogen and oxygen atoms in total. The average Bonchev–Trinajstić information content (AvgIpc) is 2.18. The van der Waals surface area contributed by atoms with Crippen LogP contribution in [0, 0.1) is 28.1 Å². The van der Waals surface area contributed by atoms with Crippen LogP contribution in [0.5, 0.6) is 0 Å². The number of aliphatic hydroxyl groups excluding tert-OH is 1. The summed E-state index contributed by atoms with van der Waals surface area (Å²) >= 11 is 0. The molecule has 0 aromatic rings. The van der Waals surface area contributed by atoms with E-state index >= 15 is 0 Å². The molecule has 0 aromatic heterocycles. The van der Waals surface area contributed by atoms with Gasteiger partial charge >= 0.3 is 0 Å². The summed E-state index contributed by atoms with van der Waals surface area (Å²) < 4.78 is 0. The molecule has 0 fully saturated rings. The summed E-state index contributed by atoms with van der Waals surface area (Å²) in [7, 11) is 0. The van der Waals surface area contributed by atoms with Crippen LogP contribution < -0.4 is 0 Å². The van der Waals surface area contributed by atoms with Gasteiger partial charge in [-0.1, -0.05) is 12.2 Å². The molecule has 0 saturated carbocycles. The first-order valence-corrected chi connectivity index (χ1v) is 3.57. The number of allylic oxidation sites excluding steroid dienone is 3. The molecule has 1 N–H and O–H groups in total. The fourth-order valence-corrected chi connectivity index (χ4v) is 1.10. The monoisotopic (exact) mass is 160 g/mol. The molecule has 0 saturated heterocycles. The number of nitrogens with zero attached hydrogens (tertiary/aromatic N) is 2. The van der Waals surface area contributed by atoms with Gasteiger partial charge in [-0.2, -0.15) is 10.5 Å². The molecule has 12 heavy (non-hydrogen) atoms.